The molecule has 0 saturated carbocycles. The Morgan fingerprint density at radius 2 is 2.29 bits per heavy atom. The van der Waals surface area contributed by atoms with Crippen molar-refractivity contribution in [3.05, 3.63) is 11.8 Å². The van der Waals surface area contributed by atoms with Crippen LogP contribution in [0.2, 0.25) is 0 Å². The number of nitriles is 1. The highest BCUT2D eigenvalue weighted by Gasteiger charge is 2.15. The molecule has 17 heavy (non-hydrogen) atoms. The number of rotatable bonds is 5. The summed E-state index contributed by atoms with van der Waals surface area (Å²) in [7, 11) is 0. The summed E-state index contributed by atoms with van der Waals surface area (Å²) in [5.41, 5.74) is 0.109. The summed E-state index contributed by atoms with van der Waals surface area (Å²) in [6.07, 6.45) is 0.529. The zero-order valence-corrected chi connectivity index (χ0v) is 8.75. The van der Waals surface area contributed by atoms with Crippen LogP contribution in [-0.4, -0.2) is 38.5 Å². The molecule has 1 aromatic heterocycles. The van der Waals surface area contributed by atoms with Gasteiger partial charge in [0.05, 0.1) is 19.3 Å². The minimum atomic E-state index is -1.27. The predicted molar refractivity (Wildman–Crippen MR) is 54.9 cm³/mol. The van der Waals surface area contributed by atoms with Gasteiger partial charge in [-0.05, 0) is 0 Å². The molecule has 0 saturated heterocycles. The smallest absolute Gasteiger partial charge is 0.312 e. The van der Waals surface area contributed by atoms with E-state index in [4.69, 9.17) is 15.5 Å². The van der Waals surface area contributed by atoms with Gasteiger partial charge in [-0.3, -0.25) is 9.59 Å². The zero-order valence-electron chi connectivity index (χ0n) is 8.75. The average molecular weight is 238 g/mol. The van der Waals surface area contributed by atoms with E-state index in [0.717, 1.165) is 0 Å². The van der Waals surface area contributed by atoms with Crippen LogP contribution in [0.3, 0.4) is 0 Å². The van der Waals surface area contributed by atoms with Crippen LogP contribution in [0.1, 0.15) is 12.0 Å². The second-order valence-electron chi connectivity index (χ2n) is 3.08. The summed E-state index contributed by atoms with van der Waals surface area (Å²) in [6.45, 7) is -0.112. The molecule has 0 spiro atoms. The number of anilines is 1. The summed E-state index contributed by atoms with van der Waals surface area (Å²) in [4.78, 5) is 21.6. The normalized spacial score (nSPS) is 9.65. The molecule has 8 nitrogen and oxygen atoms in total. The predicted octanol–water partition coefficient (Wildman–Crippen LogP) is -0.840. The van der Waals surface area contributed by atoms with Gasteiger partial charge >= 0.3 is 5.97 Å². The molecule has 0 unspecified atom stereocenters. The van der Waals surface area contributed by atoms with Gasteiger partial charge in [-0.25, -0.2) is 4.68 Å². The molecule has 1 heterocycles. The molecule has 8 heteroatoms. The molecule has 0 aromatic carbocycles. The fourth-order valence-corrected chi connectivity index (χ4v) is 1.18. The Balaban J connectivity index is 2.87. The van der Waals surface area contributed by atoms with Crippen LogP contribution in [0.15, 0.2) is 6.20 Å². The van der Waals surface area contributed by atoms with Crippen molar-refractivity contribution in [2.24, 2.45) is 0 Å². The van der Waals surface area contributed by atoms with Crippen LogP contribution in [0, 0.1) is 11.3 Å². The van der Waals surface area contributed by atoms with Crippen LogP contribution >= 0.6 is 0 Å². The van der Waals surface area contributed by atoms with E-state index in [1.54, 1.807) is 6.07 Å². The number of nitrogens with one attached hydrogen (secondary N) is 1. The quantitative estimate of drug-likeness (QED) is 0.574. The molecule has 3 N–H and O–H groups in total. The number of amides is 1. The van der Waals surface area contributed by atoms with E-state index in [-0.39, 0.29) is 24.5 Å². The van der Waals surface area contributed by atoms with Gasteiger partial charge < -0.3 is 15.5 Å². The Kier molecular flexibility index (Phi) is 4.19. The van der Waals surface area contributed by atoms with Crippen molar-refractivity contribution >= 4 is 17.7 Å². The van der Waals surface area contributed by atoms with Gasteiger partial charge in [0.2, 0.25) is 5.91 Å². The van der Waals surface area contributed by atoms with Crippen LogP contribution in [0.5, 0.6) is 0 Å². The highest BCUT2D eigenvalue weighted by Crippen LogP contribution is 2.14. The summed E-state index contributed by atoms with van der Waals surface area (Å²) in [5.74, 6) is -1.93. The second kappa shape index (κ2) is 5.62. The van der Waals surface area contributed by atoms with Crippen LogP contribution in [0.4, 0.5) is 5.82 Å². The number of nitrogens with zero attached hydrogens (tertiary/aromatic N) is 3. The topological polar surface area (TPSA) is 128 Å². The lowest BCUT2D eigenvalue weighted by Gasteiger charge is -2.07. The molecule has 1 rings (SSSR count). The fourth-order valence-electron chi connectivity index (χ4n) is 1.18. The van der Waals surface area contributed by atoms with Crippen molar-refractivity contribution in [3.63, 3.8) is 0 Å². The average Bonchev–Trinajstić information content (AvgIpc) is 2.60. The third-order valence-electron chi connectivity index (χ3n) is 1.84. The summed E-state index contributed by atoms with van der Waals surface area (Å²) >= 11 is 0. The number of carbonyl (C=O) groups excluding carboxylic acids is 1. The Bertz CT molecular complexity index is 474. The molecule has 0 fully saturated rings. The molecule has 0 aliphatic rings. The molecule has 0 bridgehead atoms. The van der Waals surface area contributed by atoms with Crippen molar-refractivity contribution in [3.8, 4) is 6.07 Å². The van der Waals surface area contributed by atoms with Crippen molar-refractivity contribution in [2.75, 3.05) is 11.9 Å². The van der Waals surface area contributed by atoms with E-state index >= 15 is 0 Å². The highest BCUT2D eigenvalue weighted by molar-refractivity contribution is 6.01. The van der Waals surface area contributed by atoms with Crippen LogP contribution in [-0.2, 0) is 16.1 Å². The van der Waals surface area contributed by atoms with Crippen LogP contribution < -0.4 is 5.32 Å². The van der Waals surface area contributed by atoms with Crippen molar-refractivity contribution in [1.82, 2.24) is 9.78 Å². The van der Waals surface area contributed by atoms with Gasteiger partial charge in [-0.1, -0.05) is 0 Å². The molecule has 0 atom stereocenters. The maximum absolute atomic E-state index is 11.2. The molecule has 90 valence electrons. The number of aromatic nitrogens is 2. The Labute approximate surface area is 96.1 Å². The standard InChI is InChI=1S/C9H10N4O4/c10-4-6-5-11-13(1-2-14)9(6)12-7(15)3-8(16)17/h5,14H,1-3H2,(H,12,15)(H,16,17). The lowest BCUT2D eigenvalue weighted by atomic mass is 10.3. The van der Waals surface area contributed by atoms with E-state index in [9.17, 15) is 9.59 Å². The zero-order chi connectivity index (χ0) is 12.8. The van der Waals surface area contributed by atoms with E-state index in [0.29, 0.717) is 0 Å². The molecular formula is C9H10N4O4. The number of aliphatic hydroxyl groups is 1. The van der Waals surface area contributed by atoms with E-state index < -0.39 is 18.3 Å². The van der Waals surface area contributed by atoms with Crippen molar-refractivity contribution in [2.45, 2.75) is 13.0 Å². The van der Waals surface area contributed by atoms with Gasteiger partial charge in [-0.2, -0.15) is 10.4 Å². The van der Waals surface area contributed by atoms with E-state index in [1.807, 2.05) is 0 Å². The Morgan fingerprint density at radius 1 is 1.59 bits per heavy atom. The van der Waals surface area contributed by atoms with Gasteiger partial charge in [0, 0.05) is 0 Å². The monoisotopic (exact) mass is 238 g/mol. The number of carbonyl (C=O) groups is 2. The minimum Gasteiger partial charge on any atom is -0.481 e. The lowest BCUT2D eigenvalue weighted by Crippen LogP contribution is -2.19. The number of hydrogen-bond donors (Lipinski definition) is 3. The third-order valence-corrected chi connectivity index (χ3v) is 1.84. The number of aliphatic hydroxyl groups excluding tert-OH is 1. The largest absolute Gasteiger partial charge is 0.481 e. The second-order valence-corrected chi connectivity index (χ2v) is 3.08. The van der Waals surface area contributed by atoms with Gasteiger partial charge in [0.1, 0.15) is 23.9 Å². The first-order chi connectivity index (χ1) is 8.08. The molecular weight excluding hydrogens is 228 g/mol. The molecule has 0 aliphatic carbocycles. The Morgan fingerprint density at radius 3 is 2.82 bits per heavy atom. The maximum Gasteiger partial charge on any atom is 0.312 e. The first-order valence-corrected chi connectivity index (χ1v) is 4.67. The van der Waals surface area contributed by atoms with Crippen LogP contribution in [0.25, 0.3) is 0 Å². The lowest BCUT2D eigenvalue weighted by molar-refractivity contribution is -0.139. The summed E-state index contributed by atoms with van der Waals surface area (Å²) in [5, 5.41) is 32.0. The highest BCUT2D eigenvalue weighted by atomic mass is 16.4. The number of carboxylic acids is 1. The van der Waals surface area contributed by atoms with Gasteiger partial charge in [0.25, 0.3) is 0 Å². The van der Waals surface area contributed by atoms with Crippen molar-refractivity contribution in [1.29, 1.82) is 5.26 Å². The summed E-state index contributed by atoms with van der Waals surface area (Å²) in [6, 6.07) is 1.81. The van der Waals surface area contributed by atoms with E-state index in [1.165, 1.54) is 10.9 Å². The third kappa shape index (κ3) is 3.29. The number of carboxylic acid groups (broad SMARTS) is 1. The first kappa shape index (κ1) is 12.7. The fraction of sp³-hybridized carbons (Fsp3) is 0.333. The van der Waals surface area contributed by atoms with Crippen molar-refractivity contribution < 1.29 is 19.8 Å². The number of aliphatic carboxylic acids is 1. The molecule has 0 radical (unpaired) electrons. The maximum atomic E-state index is 11.2. The van der Waals surface area contributed by atoms with E-state index in [2.05, 4.69) is 10.4 Å². The van der Waals surface area contributed by atoms with Gasteiger partial charge in [0.15, 0.2) is 0 Å². The van der Waals surface area contributed by atoms with Gasteiger partial charge in [-0.15, -0.1) is 0 Å². The molecule has 1 aromatic rings. The molecule has 1 amide bonds. The first-order valence-electron chi connectivity index (χ1n) is 4.67. The summed E-state index contributed by atoms with van der Waals surface area (Å²) < 4.78 is 1.22. The SMILES string of the molecule is N#Cc1cnn(CCO)c1NC(=O)CC(=O)O. The minimum absolute atomic E-state index is 0.0906. The Hall–Kier alpha value is -2.40. The molecule has 0 aliphatic heterocycles. The number of hydrogen-bond acceptors (Lipinski definition) is 5.